The number of hydrogen-bond acceptors (Lipinski definition) is 5. The molecule has 0 radical (unpaired) electrons. The van der Waals surface area contributed by atoms with Gasteiger partial charge >= 0.3 is 0 Å². The highest BCUT2D eigenvalue weighted by atomic mass is 32.1. The van der Waals surface area contributed by atoms with Crippen molar-refractivity contribution in [1.82, 2.24) is 4.98 Å². The summed E-state index contributed by atoms with van der Waals surface area (Å²) >= 11 is 1.41. The molecular weight excluding hydrogens is 363 g/mol. The van der Waals surface area contributed by atoms with E-state index < -0.39 is 0 Å². The molecular formula is C20H19FN4OS. The molecule has 1 aliphatic rings. The first-order chi connectivity index (χ1) is 13.2. The van der Waals surface area contributed by atoms with Gasteiger partial charge in [-0.15, -0.1) is 11.3 Å². The number of pyridine rings is 1. The lowest BCUT2D eigenvalue weighted by Gasteiger charge is -2.36. The first-order valence-corrected chi connectivity index (χ1v) is 9.63. The monoisotopic (exact) mass is 382 g/mol. The average Bonchev–Trinajstić information content (AvgIpc) is 3.24. The van der Waals surface area contributed by atoms with Gasteiger partial charge in [-0.25, -0.2) is 9.37 Å². The number of nitrogens with zero attached hydrogens (tertiary/aromatic N) is 3. The molecule has 0 spiro atoms. The minimum absolute atomic E-state index is 0.118. The van der Waals surface area contributed by atoms with Crippen LogP contribution in [0.1, 0.15) is 9.67 Å². The normalized spacial score (nSPS) is 14.3. The number of piperazine rings is 1. The number of amides is 1. The molecule has 1 aromatic carbocycles. The molecule has 3 heterocycles. The fourth-order valence-electron chi connectivity index (χ4n) is 3.09. The largest absolute Gasteiger partial charge is 0.368 e. The molecule has 1 saturated heterocycles. The van der Waals surface area contributed by atoms with Crippen LogP contribution in [-0.4, -0.2) is 37.1 Å². The third-order valence-corrected chi connectivity index (χ3v) is 5.41. The van der Waals surface area contributed by atoms with E-state index in [2.05, 4.69) is 20.1 Å². The Labute approximate surface area is 161 Å². The Hall–Kier alpha value is -2.93. The lowest BCUT2D eigenvalue weighted by Crippen LogP contribution is -2.46. The third kappa shape index (κ3) is 4.09. The number of anilines is 3. The summed E-state index contributed by atoms with van der Waals surface area (Å²) in [5.74, 6) is 0.559. The maximum atomic E-state index is 13.1. The van der Waals surface area contributed by atoms with E-state index in [0.717, 1.165) is 37.7 Å². The number of carbonyl (C=O) groups is 1. The highest BCUT2D eigenvalue weighted by Gasteiger charge is 2.18. The van der Waals surface area contributed by atoms with Crippen LogP contribution in [0.2, 0.25) is 0 Å². The van der Waals surface area contributed by atoms with Gasteiger partial charge in [0.1, 0.15) is 11.6 Å². The summed E-state index contributed by atoms with van der Waals surface area (Å²) in [6, 6.07) is 14.1. The Bertz CT molecular complexity index is 889. The average molecular weight is 382 g/mol. The van der Waals surface area contributed by atoms with Crippen LogP contribution in [0.5, 0.6) is 0 Å². The SMILES string of the molecule is O=C(Nc1ccc(N2CCN(c3ccc(F)cc3)CC2)nc1)c1cccs1. The molecule has 2 aromatic heterocycles. The summed E-state index contributed by atoms with van der Waals surface area (Å²) in [6.45, 7) is 3.38. The third-order valence-electron chi connectivity index (χ3n) is 4.55. The summed E-state index contributed by atoms with van der Waals surface area (Å²) in [6.07, 6.45) is 1.69. The Morgan fingerprint density at radius 3 is 2.37 bits per heavy atom. The lowest BCUT2D eigenvalue weighted by atomic mass is 10.2. The van der Waals surface area contributed by atoms with E-state index in [1.165, 1.54) is 23.5 Å². The van der Waals surface area contributed by atoms with Crippen molar-refractivity contribution in [2.24, 2.45) is 0 Å². The van der Waals surface area contributed by atoms with Crippen molar-refractivity contribution in [2.45, 2.75) is 0 Å². The van der Waals surface area contributed by atoms with Gasteiger partial charge in [-0.3, -0.25) is 4.79 Å². The van der Waals surface area contributed by atoms with E-state index in [1.54, 1.807) is 12.3 Å². The Kier molecular flexibility index (Phi) is 5.02. The highest BCUT2D eigenvalue weighted by molar-refractivity contribution is 7.12. The van der Waals surface area contributed by atoms with Crippen molar-refractivity contribution in [2.75, 3.05) is 41.3 Å². The number of nitrogens with one attached hydrogen (secondary N) is 1. The summed E-state index contributed by atoms with van der Waals surface area (Å²) < 4.78 is 13.1. The molecule has 0 aliphatic carbocycles. The quantitative estimate of drug-likeness (QED) is 0.744. The second-order valence-electron chi connectivity index (χ2n) is 6.29. The van der Waals surface area contributed by atoms with Gasteiger partial charge in [0.2, 0.25) is 0 Å². The van der Waals surface area contributed by atoms with Gasteiger partial charge in [0.05, 0.1) is 16.8 Å². The number of aromatic nitrogens is 1. The van der Waals surface area contributed by atoms with Crippen LogP contribution in [0, 0.1) is 5.82 Å². The van der Waals surface area contributed by atoms with Crippen LogP contribution in [0.3, 0.4) is 0 Å². The molecule has 138 valence electrons. The summed E-state index contributed by atoms with van der Waals surface area (Å²) in [4.78, 5) is 21.7. The molecule has 0 bridgehead atoms. The van der Waals surface area contributed by atoms with Crippen LogP contribution in [-0.2, 0) is 0 Å². The minimum Gasteiger partial charge on any atom is -0.368 e. The van der Waals surface area contributed by atoms with Gasteiger partial charge in [0.25, 0.3) is 5.91 Å². The number of rotatable bonds is 4. The Morgan fingerprint density at radius 1 is 1.00 bits per heavy atom. The van der Waals surface area contributed by atoms with Crippen LogP contribution in [0.15, 0.2) is 60.1 Å². The molecule has 0 saturated carbocycles. The Morgan fingerprint density at radius 2 is 1.74 bits per heavy atom. The van der Waals surface area contributed by atoms with E-state index in [9.17, 15) is 9.18 Å². The molecule has 0 atom stereocenters. The lowest BCUT2D eigenvalue weighted by molar-refractivity contribution is 0.103. The molecule has 0 unspecified atom stereocenters. The predicted molar refractivity (Wildman–Crippen MR) is 107 cm³/mol. The summed E-state index contributed by atoms with van der Waals surface area (Å²) in [5.41, 5.74) is 1.72. The van der Waals surface area contributed by atoms with Gasteiger partial charge in [0.15, 0.2) is 0 Å². The van der Waals surface area contributed by atoms with Crippen molar-refractivity contribution in [3.63, 3.8) is 0 Å². The minimum atomic E-state index is -0.215. The van der Waals surface area contributed by atoms with Gasteiger partial charge in [-0.2, -0.15) is 0 Å². The van der Waals surface area contributed by atoms with E-state index in [0.29, 0.717) is 10.6 Å². The molecule has 1 N–H and O–H groups in total. The van der Waals surface area contributed by atoms with Gasteiger partial charge < -0.3 is 15.1 Å². The Balaban J connectivity index is 1.34. The standard InChI is InChI=1S/C20H19FN4OS/c21-15-3-6-17(7-4-15)24-9-11-25(12-10-24)19-8-5-16(14-22-19)23-20(26)18-2-1-13-27-18/h1-8,13-14H,9-12H2,(H,23,26). The number of thiophene rings is 1. The number of halogens is 1. The van der Waals surface area contributed by atoms with Crippen LogP contribution >= 0.6 is 11.3 Å². The zero-order chi connectivity index (χ0) is 18.6. The summed E-state index contributed by atoms with van der Waals surface area (Å²) in [5, 5.41) is 4.74. The maximum absolute atomic E-state index is 13.1. The van der Waals surface area contributed by atoms with Crippen molar-refractivity contribution in [3.05, 3.63) is 70.8 Å². The number of carbonyl (C=O) groups excluding carboxylic acids is 1. The molecule has 1 aliphatic heterocycles. The smallest absolute Gasteiger partial charge is 0.265 e. The van der Waals surface area contributed by atoms with Crippen molar-refractivity contribution in [3.8, 4) is 0 Å². The molecule has 1 fully saturated rings. The molecule has 27 heavy (non-hydrogen) atoms. The zero-order valence-corrected chi connectivity index (χ0v) is 15.5. The number of hydrogen-bond donors (Lipinski definition) is 1. The highest BCUT2D eigenvalue weighted by Crippen LogP contribution is 2.21. The second-order valence-corrected chi connectivity index (χ2v) is 7.23. The number of benzene rings is 1. The van der Waals surface area contributed by atoms with E-state index >= 15 is 0 Å². The van der Waals surface area contributed by atoms with Crippen molar-refractivity contribution >= 4 is 34.4 Å². The van der Waals surface area contributed by atoms with Gasteiger partial charge in [-0.05, 0) is 47.8 Å². The van der Waals surface area contributed by atoms with Gasteiger partial charge in [0, 0.05) is 31.9 Å². The summed E-state index contributed by atoms with van der Waals surface area (Å²) in [7, 11) is 0. The zero-order valence-electron chi connectivity index (χ0n) is 14.6. The molecule has 7 heteroatoms. The molecule has 5 nitrogen and oxygen atoms in total. The van der Waals surface area contributed by atoms with Crippen LogP contribution in [0.25, 0.3) is 0 Å². The first-order valence-electron chi connectivity index (χ1n) is 8.75. The fourth-order valence-corrected chi connectivity index (χ4v) is 3.71. The maximum Gasteiger partial charge on any atom is 0.265 e. The molecule has 4 rings (SSSR count). The van der Waals surface area contributed by atoms with E-state index in [-0.39, 0.29) is 11.7 Å². The van der Waals surface area contributed by atoms with E-state index in [1.807, 2.05) is 35.7 Å². The topological polar surface area (TPSA) is 48.5 Å². The predicted octanol–water partition coefficient (Wildman–Crippen LogP) is 3.86. The van der Waals surface area contributed by atoms with Crippen molar-refractivity contribution in [1.29, 1.82) is 0 Å². The van der Waals surface area contributed by atoms with Crippen molar-refractivity contribution < 1.29 is 9.18 Å². The second kappa shape index (κ2) is 7.75. The fraction of sp³-hybridized carbons (Fsp3) is 0.200. The van der Waals surface area contributed by atoms with Crippen LogP contribution < -0.4 is 15.1 Å². The van der Waals surface area contributed by atoms with Gasteiger partial charge in [-0.1, -0.05) is 6.07 Å². The molecule has 1 amide bonds. The molecule has 3 aromatic rings. The first kappa shape index (κ1) is 17.5. The van der Waals surface area contributed by atoms with Crippen LogP contribution in [0.4, 0.5) is 21.6 Å². The van der Waals surface area contributed by atoms with E-state index in [4.69, 9.17) is 0 Å².